The van der Waals surface area contributed by atoms with Crippen molar-refractivity contribution in [3.63, 3.8) is 0 Å². The fraction of sp³-hybridized carbons (Fsp3) is 0.100. The largest absolute Gasteiger partial charge is 0.451 e. The fourth-order valence-electron chi connectivity index (χ4n) is 1.48. The van der Waals surface area contributed by atoms with E-state index in [4.69, 9.17) is 10.2 Å². The third kappa shape index (κ3) is 1.40. The molecular formula is C10H8N2O4. The maximum absolute atomic E-state index is 11.1. The average molecular weight is 220 g/mol. The average Bonchev–Trinajstić information content (AvgIpc) is 2.56. The standard InChI is InChI=1S/C10H8N2O4/c1-5(13)10-9(11)7-4-6(12(14)15)2-3-8(7)16-10/h2-4H,11H2,1H3. The minimum absolute atomic E-state index is 0.0375. The molecule has 1 heterocycles. The van der Waals surface area contributed by atoms with Gasteiger partial charge in [-0.25, -0.2) is 0 Å². The van der Waals surface area contributed by atoms with Crippen molar-refractivity contribution in [3.8, 4) is 0 Å². The smallest absolute Gasteiger partial charge is 0.270 e. The van der Waals surface area contributed by atoms with Crippen molar-refractivity contribution >= 4 is 28.1 Å². The summed E-state index contributed by atoms with van der Waals surface area (Å²) in [6.45, 7) is 1.32. The van der Waals surface area contributed by atoms with Crippen LogP contribution < -0.4 is 5.73 Å². The molecule has 0 saturated carbocycles. The van der Waals surface area contributed by atoms with E-state index in [1.54, 1.807) is 0 Å². The van der Waals surface area contributed by atoms with Crippen LogP contribution in [0.5, 0.6) is 0 Å². The first kappa shape index (κ1) is 10.2. The van der Waals surface area contributed by atoms with E-state index >= 15 is 0 Å². The van der Waals surface area contributed by atoms with Crippen LogP contribution in [0.25, 0.3) is 11.0 Å². The molecule has 6 heteroatoms. The number of anilines is 1. The van der Waals surface area contributed by atoms with Gasteiger partial charge in [-0.15, -0.1) is 0 Å². The number of hydrogen-bond acceptors (Lipinski definition) is 5. The maximum Gasteiger partial charge on any atom is 0.270 e. The summed E-state index contributed by atoms with van der Waals surface area (Å²) in [7, 11) is 0. The zero-order chi connectivity index (χ0) is 11.9. The fourth-order valence-corrected chi connectivity index (χ4v) is 1.48. The lowest BCUT2D eigenvalue weighted by Crippen LogP contribution is -1.95. The Morgan fingerprint density at radius 2 is 2.19 bits per heavy atom. The molecule has 2 rings (SSSR count). The normalized spacial score (nSPS) is 10.6. The number of hydrogen-bond donors (Lipinski definition) is 1. The Hall–Kier alpha value is -2.37. The number of fused-ring (bicyclic) bond motifs is 1. The number of nitrogen functional groups attached to an aromatic ring is 1. The van der Waals surface area contributed by atoms with Gasteiger partial charge in [-0.3, -0.25) is 14.9 Å². The number of benzene rings is 1. The van der Waals surface area contributed by atoms with E-state index in [1.807, 2.05) is 0 Å². The number of furan rings is 1. The molecule has 82 valence electrons. The van der Waals surface area contributed by atoms with Crippen LogP contribution in [0.1, 0.15) is 17.5 Å². The zero-order valence-electron chi connectivity index (χ0n) is 8.39. The number of nitrogens with two attached hydrogens (primary N) is 1. The number of carbonyl (C=O) groups is 1. The van der Waals surface area contributed by atoms with E-state index in [0.29, 0.717) is 11.0 Å². The van der Waals surface area contributed by atoms with Crippen molar-refractivity contribution in [1.82, 2.24) is 0 Å². The molecule has 2 aromatic rings. The summed E-state index contributed by atoms with van der Waals surface area (Å²) >= 11 is 0. The summed E-state index contributed by atoms with van der Waals surface area (Å²) in [6.07, 6.45) is 0. The van der Waals surface area contributed by atoms with Gasteiger partial charge in [0, 0.05) is 19.1 Å². The Kier molecular flexibility index (Phi) is 2.12. The highest BCUT2D eigenvalue weighted by Gasteiger charge is 2.17. The number of nitro groups is 1. The summed E-state index contributed by atoms with van der Waals surface area (Å²) in [5.41, 5.74) is 6.10. The van der Waals surface area contributed by atoms with Gasteiger partial charge in [0.15, 0.2) is 11.5 Å². The van der Waals surface area contributed by atoms with E-state index in [9.17, 15) is 14.9 Å². The predicted molar refractivity (Wildman–Crippen MR) is 57.3 cm³/mol. The SMILES string of the molecule is CC(=O)c1oc2ccc([N+](=O)[O-])cc2c1N. The van der Waals surface area contributed by atoms with Crippen molar-refractivity contribution < 1.29 is 14.1 Å². The van der Waals surface area contributed by atoms with Crippen molar-refractivity contribution in [2.24, 2.45) is 0 Å². The second kappa shape index (κ2) is 3.34. The van der Waals surface area contributed by atoms with Gasteiger partial charge in [-0.1, -0.05) is 0 Å². The van der Waals surface area contributed by atoms with E-state index in [0.717, 1.165) is 0 Å². The van der Waals surface area contributed by atoms with Crippen molar-refractivity contribution in [3.05, 3.63) is 34.1 Å². The van der Waals surface area contributed by atoms with E-state index in [-0.39, 0.29) is 22.9 Å². The number of rotatable bonds is 2. The molecule has 0 unspecified atom stereocenters. The second-order valence-corrected chi connectivity index (χ2v) is 3.34. The molecule has 6 nitrogen and oxygen atoms in total. The summed E-state index contributed by atoms with van der Waals surface area (Å²) in [6, 6.07) is 4.02. The summed E-state index contributed by atoms with van der Waals surface area (Å²) in [5.74, 6) is -0.271. The van der Waals surface area contributed by atoms with Gasteiger partial charge in [-0.2, -0.15) is 0 Å². The second-order valence-electron chi connectivity index (χ2n) is 3.34. The molecule has 0 amide bonds. The first-order chi connectivity index (χ1) is 7.50. The maximum atomic E-state index is 11.1. The third-order valence-corrected chi connectivity index (χ3v) is 2.24. The minimum Gasteiger partial charge on any atom is -0.451 e. The molecule has 0 spiro atoms. The summed E-state index contributed by atoms with van der Waals surface area (Å²) in [4.78, 5) is 21.2. The molecule has 0 saturated heterocycles. The third-order valence-electron chi connectivity index (χ3n) is 2.24. The lowest BCUT2D eigenvalue weighted by Gasteiger charge is -1.91. The molecule has 0 bridgehead atoms. The highest BCUT2D eigenvalue weighted by atomic mass is 16.6. The Morgan fingerprint density at radius 1 is 1.50 bits per heavy atom. The quantitative estimate of drug-likeness (QED) is 0.474. The zero-order valence-corrected chi connectivity index (χ0v) is 8.39. The van der Waals surface area contributed by atoms with Crippen LogP contribution in [0.15, 0.2) is 22.6 Å². The Balaban J connectivity index is 2.73. The topological polar surface area (TPSA) is 99.4 Å². The number of Topliss-reactive ketones (excluding diaryl/α,β-unsaturated/α-hetero) is 1. The van der Waals surface area contributed by atoms with Crippen LogP contribution in [0, 0.1) is 10.1 Å². The van der Waals surface area contributed by atoms with Crippen LogP contribution in [0.2, 0.25) is 0 Å². The molecule has 0 aliphatic carbocycles. The van der Waals surface area contributed by atoms with Gasteiger partial charge < -0.3 is 10.2 Å². The molecule has 0 atom stereocenters. The van der Waals surface area contributed by atoms with Gasteiger partial charge >= 0.3 is 0 Å². The van der Waals surface area contributed by atoms with Gasteiger partial charge in [0.05, 0.1) is 16.0 Å². The molecule has 1 aromatic carbocycles. The van der Waals surface area contributed by atoms with Crippen LogP contribution >= 0.6 is 0 Å². The summed E-state index contributed by atoms with van der Waals surface area (Å²) < 4.78 is 5.20. The van der Waals surface area contributed by atoms with Crippen LogP contribution in [-0.2, 0) is 0 Å². The van der Waals surface area contributed by atoms with E-state index in [2.05, 4.69) is 0 Å². The summed E-state index contributed by atoms with van der Waals surface area (Å²) in [5, 5.41) is 11.0. The number of nitrogens with zero attached hydrogens (tertiary/aromatic N) is 1. The Labute approximate surface area is 89.8 Å². The predicted octanol–water partition coefficient (Wildman–Crippen LogP) is 2.13. The van der Waals surface area contributed by atoms with Crippen LogP contribution in [0.3, 0.4) is 0 Å². The van der Waals surface area contributed by atoms with Crippen LogP contribution in [0.4, 0.5) is 11.4 Å². The number of carbonyl (C=O) groups excluding carboxylic acids is 1. The Bertz CT molecular complexity index is 600. The van der Waals surface area contributed by atoms with Crippen molar-refractivity contribution in [2.45, 2.75) is 6.92 Å². The van der Waals surface area contributed by atoms with E-state index < -0.39 is 4.92 Å². The number of ketones is 1. The van der Waals surface area contributed by atoms with Gasteiger partial charge in [0.2, 0.25) is 0 Å². The first-order valence-electron chi connectivity index (χ1n) is 4.48. The van der Waals surface area contributed by atoms with E-state index in [1.165, 1.54) is 25.1 Å². The Morgan fingerprint density at radius 3 is 2.75 bits per heavy atom. The molecule has 0 fully saturated rings. The molecule has 16 heavy (non-hydrogen) atoms. The van der Waals surface area contributed by atoms with Crippen LogP contribution in [-0.4, -0.2) is 10.7 Å². The van der Waals surface area contributed by atoms with Gasteiger partial charge in [0.1, 0.15) is 5.58 Å². The monoisotopic (exact) mass is 220 g/mol. The highest BCUT2D eigenvalue weighted by Crippen LogP contribution is 2.31. The first-order valence-corrected chi connectivity index (χ1v) is 4.48. The number of non-ortho nitro benzene ring substituents is 1. The highest BCUT2D eigenvalue weighted by molar-refractivity contribution is 6.05. The molecule has 1 aromatic heterocycles. The van der Waals surface area contributed by atoms with Crippen molar-refractivity contribution in [2.75, 3.05) is 5.73 Å². The lowest BCUT2D eigenvalue weighted by atomic mass is 10.2. The minimum atomic E-state index is -0.528. The lowest BCUT2D eigenvalue weighted by molar-refractivity contribution is -0.384. The molecule has 0 radical (unpaired) electrons. The van der Waals surface area contributed by atoms with Gasteiger partial charge in [0.25, 0.3) is 5.69 Å². The van der Waals surface area contributed by atoms with Gasteiger partial charge in [-0.05, 0) is 6.07 Å². The molecular weight excluding hydrogens is 212 g/mol. The van der Waals surface area contributed by atoms with Crippen molar-refractivity contribution in [1.29, 1.82) is 0 Å². The molecule has 2 N–H and O–H groups in total. The molecule has 0 aliphatic rings. The molecule has 0 aliphatic heterocycles. The number of nitro benzene ring substituents is 1.